The van der Waals surface area contributed by atoms with E-state index in [1.165, 1.54) is 0 Å². The van der Waals surface area contributed by atoms with Gasteiger partial charge in [0.2, 0.25) is 5.88 Å². The van der Waals surface area contributed by atoms with Gasteiger partial charge in [-0.05, 0) is 37.6 Å². The van der Waals surface area contributed by atoms with E-state index >= 15 is 0 Å². The Labute approximate surface area is 172 Å². The van der Waals surface area contributed by atoms with Gasteiger partial charge in [-0.3, -0.25) is 4.98 Å². The SMILES string of the molecule is COc1cc2nc(/C(C#N)=C/c3cc(C)n(-c4ccncc4Cl)c3C)[nH]c2cn1. The van der Waals surface area contributed by atoms with Crippen LogP contribution in [0.3, 0.4) is 0 Å². The van der Waals surface area contributed by atoms with Crippen molar-refractivity contribution in [2.45, 2.75) is 13.8 Å². The van der Waals surface area contributed by atoms with Gasteiger partial charge in [0.05, 0.1) is 40.6 Å². The molecule has 0 atom stereocenters. The van der Waals surface area contributed by atoms with Crippen LogP contribution >= 0.6 is 11.6 Å². The van der Waals surface area contributed by atoms with Crippen LogP contribution in [0, 0.1) is 25.2 Å². The molecule has 0 saturated carbocycles. The molecule has 0 bridgehead atoms. The molecular weight excluding hydrogens is 388 g/mol. The Morgan fingerprint density at radius 2 is 2.14 bits per heavy atom. The molecular formula is C21H17ClN6O. The van der Waals surface area contributed by atoms with Crippen LogP contribution < -0.4 is 4.74 Å². The zero-order valence-corrected chi connectivity index (χ0v) is 16.8. The largest absolute Gasteiger partial charge is 0.481 e. The maximum absolute atomic E-state index is 9.74. The van der Waals surface area contributed by atoms with Crippen molar-refractivity contribution in [3.05, 3.63) is 64.6 Å². The summed E-state index contributed by atoms with van der Waals surface area (Å²) in [6, 6.07) is 7.83. The zero-order chi connectivity index (χ0) is 20.5. The Morgan fingerprint density at radius 1 is 1.31 bits per heavy atom. The fraction of sp³-hybridized carbons (Fsp3) is 0.143. The van der Waals surface area contributed by atoms with Crippen molar-refractivity contribution in [3.8, 4) is 17.6 Å². The zero-order valence-electron chi connectivity index (χ0n) is 16.1. The highest BCUT2D eigenvalue weighted by Crippen LogP contribution is 2.28. The highest BCUT2D eigenvalue weighted by atomic mass is 35.5. The first-order valence-corrected chi connectivity index (χ1v) is 9.20. The predicted molar refractivity (Wildman–Crippen MR) is 112 cm³/mol. The molecule has 7 nitrogen and oxygen atoms in total. The van der Waals surface area contributed by atoms with Crippen molar-refractivity contribution < 1.29 is 4.74 Å². The first kappa shape index (κ1) is 18.7. The third-order valence-electron chi connectivity index (χ3n) is 4.69. The van der Waals surface area contributed by atoms with Crippen molar-refractivity contribution >= 4 is 34.3 Å². The number of hydrogen-bond donors (Lipinski definition) is 1. The molecule has 0 unspecified atom stereocenters. The molecule has 0 amide bonds. The number of methoxy groups -OCH3 is 1. The van der Waals surface area contributed by atoms with Gasteiger partial charge in [-0.1, -0.05) is 11.6 Å². The van der Waals surface area contributed by atoms with E-state index < -0.39 is 0 Å². The van der Waals surface area contributed by atoms with E-state index in [0.29, 0.717) is 27.8 Å². The van der Waals surface area contributed by atoms with Crippen molar-refractivity contribution in [3.63, 3.8) is 0 Å². The summed E-state index contributed by atoms with van der Waals surface area (Å²) in [6.45, 7) is 3.98. The van der Waals surface area contributed by atoms with E-state index in [4.69, 9.17) is 16.3 Å². The van der Waals surface area contributed by atoms with Crippen LogP contribution in [-0.2, 0) is 0 Å². The van der Waals surface area contributed by atoms with Crippen molar-refractivity contribution in [1.29, 1.82) is 5.26 Å². The molecule has 0 spiro atoms. The number of aromatic amines is 1. The third-order valence-corrected chi connectivity index (χ3v) is 4.98. The van der Waals surface area contributed by atoms with Gasteiger partial charge in [0.1, 0.15) is 11.9 Å². The standard InChI is InChI=1S/C21H17ClN6O/c1-12-6-14(13(2)28(12)19-4-5-24-10-16(19)22)7-15(9-23)21-26-17-8-20(29-3)25-11-18(17)27-21/h4-8,10-11H,1-3H3,(H,26,27)/b15-7+. The van der Waals surface area contributed by atoms with Gasteiger partial charge in [0.15, 0.2) is 0 Å². The Kier molecular flexibility index (Phi) is 4.79. The molecule has 1 N–H and O–H groups in total. The number of aryl methyl sites for hydroxylation is 1. The van der Waals surface area contributed by atoms with E-state index in [1.807, 2.05) is 36.6 Å². The molecule has 4 rings (SSSR count). The van der Waals surface area contributed by atoms with Crippen molar-refractivity contribution in [2.75, 3.05) is 7.11 Å². The van der Waals surface area contributed by atoms with Crippen molar-refractivity contribution in [2.24, 2.45) is 0 Å². The summed E-state index contributed by atoms with van der Waals surface area (Å²) in [5.74, 6) is 0.945. The average Bonchev–Trinajstić information content (AvgIpc) is 3.26. The minimum absolute atomic E-state index is 0.418. The molecule has 0 aliphatic heterocycles. The topological polar surface area (TPSA) is 92.4 Å². The second-order valence-corrected chi connectivity index (χ2v) is 6.90. The van der Waals surface area contributed by atoms with Crippen molar-refractivity contribution in [1.82, 2.24) is 24.5 Å². The van der Waals surface area contributed by atoms with E-state index in [-0.39, 0.29) is 0 Å². The average molecular weight is 405 g/mol. The number of H-pyrrole nitrogens is 1. The fourth-order valence-corrected chi connectivity index (χ4v) is 3.50. The van der Waals surface area contributed by atoms with Crippen LogP contribution in [0.25, 0.3) is 28.4 Å². The molecule has 0 aliphatic carbocycles. The summed E-state index contributed by atoms with van der Waals surface area (Å²) in [4.78, 5) is 15.9. The molecule has 29 heavy (non-hydrogen) atoms. The Morgan fingerprint density at radius 3 is 2.86 bits per heavy atom. The summed E-state index contributed by atoms with van der Waals surface area (Å²) < 4.78 is 7.17. The molecule has 0 aromatic carbocycles. The van der Waals surface area contributed by atoms with Crippen LogP contribution in [0.1, 0.15) is 22.8 Å². The highest BCUT2D eigenvalue weighted by Gasteiger charge is 2.15. The molecule has 4 heterocycles. The maximum atomic E-state index is 9.74. The van der Waals surface area contributed by atoms with E-state index in [9.17, 15) is 5.26 Å². The Balaban J connectivity index is 1.80. The number of halogens is 1. The van der Waals surface area contributed by atoms with Gasteiger partial charge in [-0.25, -0.2) is 9.97 Å². The minimum Gasteiger partial charge on any atom is -0.481 e. The van der Waals surface area contributed by atoms with E-state index in [1.54, 1.807) is 31.8 Å². The molecule has 0 saturated heterocycles. The third kappa shape index (κ3) is 3.35. The Hall–Kier alpha value is -3.63. The Bertz CT molecular complexity index is 1290. The van der Waals surface area contributed by atoms with Crippen LogP contribution in [0.2, 0.25) is 5.02 Å². The lowest BCUT2D eigenvalue weighted by Crippen LogP contribution is -2.00. The second kappa shape index (κ2) is 7.41. The number of fused-ring (bicyclic) bond motifs is 1. The molecule has 8 heteroatoms. The molecule has 4 aromatic heterocycles. The lowest BCUT2D eigenvalue weighted by Gasteiger charge is -2.10. The maximum Gasteiger partial charge on any atom is 0.215 e. The van der Waals surface area contributed by atoms with E-state index in [2.05, 4.69) is 26.0 Å². The summed E-state index contributed by atoms with van der Waals surface area (Å²) in [5, 5.41) is 10.3. The summed E-state index contributed by atoms with van der Waals surface area (Å²) in [5.41, 5.74) is 5.54. The van der Waals surface area contributed by atoms with Gasteiger partial charge in [0.25, 0.3) is 0 Å². The highest BCUT2D eigenvalue weighted by molar-refractivity contribution is 6.32. The molecule has 0 radical (unpaired) electrons. The molecule has 0 fully saturated rings. The fourth-order valence-electron chi connectivity index (χ4n) is 3.29. The number of rotatable bonds is 4. The minimum atomic E-state index is 0.418. The lowest BCUT2D eigenvalue weighted by atomic mass is 10.1. The molecule has 144 valence electrons. The number of hydrogen-bond acceptors (Lipinski definition) is 5. The van der Waals surface area contributed by atoms with Crippen LogP contribution in [0.5, 0.6) is 5.88 Å². The first-order chi connectivity index (χ1) is 14.0. The number of nitrogens with one attached hydrogen (secondary N) is 1. The van der Waals surface area contributed by atoms with Crippen LogP contribution in [-0.4, -0.2) is 31.6 Å². The van der Waals surface area contributed by atoms with Gasteiger partial charge in [-0.2, -0.15) is 5.26 Å². The van der Waals surface area contributed by atoms with Crippen LogP contribution in [0.15, 0.2) is 36.8 Å². The van der Waals surface area contributed by atoms with Gasteiger partial charge >= 0.3 is 0 Å². The number of pyridine rings is 2. The molecule has 4 aromatic rings. The van der Waals surface area contributed by atoms with Crippen LogP contribution in [0.4, 0.5) is 0 Å². The number of imidazole rings is 1. The first-order valence-electron chi connectivity index (χ1n) is 8.82. The molecule has 0 aliphatic rings. The summed E-state index contributed by atoms with van der Waals surface area (Å²) in [7, 11) is 1.55. The smallest absolute Gasteiger partial charge is 0.215 e. The second-order valence-electron chi connectivity index (χ2n) is 6.49. The quantitative estimate of drug-likeness (QED) is 0.506. The predicted octanol–water partition coefficient (Wildman–Crippen LogP) is 4.49. The number of aromatic nitrogens is 5. The lowest BCUT2D eigenvalue weighted by molar-refractivity contribution is 0.398. The van der Waals surface area contributed by atoms with E-state index in [0.717, 1.165) is 28.2 Å². The number of allylic oxidation sites excluding steroid dienone is 1. The normalized spacial score (nSPS) is 11.6. The summed E-state index contributed by atoms with van der Waals surface area (Å²) >= 11 is 6.33. The monoisotopic (exact) mass is 404 g/mol. The number of nitriles is 1. The summed E-state index contributed by atoms with van der Waals surface area (Å²) in [6.07, 6.45) is 6.77. The number of nitrogens with zero attached hydrogens (tertiary/aromatic N) is 5. The van der Waals surface area contributed by atoms with Gasteiger partial charge in [-0.15, -0.1) is 0 Å². The number of ether oxygens (including phenoxy) is 1. The van der Waals surface area contributed by atoms with Gasteiger partial charge in [0, 0.05) is 29.8 Å². The van der Waals surface area contributed by atoms with Gasteiger partial charge < -0.3 is 14.3 Å².